The zero-order valence-electron chi connectivity index (χ0n) is 11.9. The first-order chi connectivity index (χ1) is 10.1. The van der Waals surface area contributed by atoms with Gasteiger partial charge in [-0.15, -0.1) is 0 Å². The molecule has 118 valence electrons. The van der Waals surface area contributed by atoms with Crippen molar-refractivity contribution >= 4 is 15.7 Å². The number of benzene rings is 2. The molecule has 0 atom stereocenters. The summed E-state index contributed by atoms with van der Waals surface area (Å²) >= 11 is 0. The average Bonchev–Trinajstić information content (AvgIpc) is 2.41. The monoisotopic (exact) mass is 329 g/mol. The quantitative estimate of drug-likeness (QED) is 0.920. The molecule has 0 aromatic heterocycles. The third kappa shape index (κ3) is 3.59. The fourth-order valence-electron chi connectivity index (χ4n) is 1.95. The van der Waals surface area contributed by atoms with Gasteiger partial charge in [0.25, 0.3) is 10.0 Å². The minimum Gasteiger partial charge on any atom is -0.279 e. The number of sulfonamides is 1. The number of rotatable bonds is 3. The average molecular weight is 329 g/mol. The van der Waals surface area contributed by atoms with Gasteiger partial charge in [0.05, 0.1) is 16.1 Å². The molecule has 0 bridgehead atoms. The summed E-state index contributed by atoms with van der Waals surface area (Å²) in [6.45, 7) is 3.62. The lowest BCUT2D eigenvalue weighted by atomic mass is 10.1. The Bertz CT molecular complexity index is 781. The van der Waals surface area contributed by atoms with Gasteiger partial charge in [0, 0.05) is 0 Å². The topological polar surface area (TPSA) is 46.2 Å². The van der Waals surface area contributed by atoms with E-state index in [2.05, 4.69) is 4.72 Å². The van der Waals surface area contributed by atoms with Crippen LogP contribution < -0.4 is 4.72 Å². The van der Waals surface area contributed by atoms with Gasteiger partial charge in [-0.3, -0.25) is 4.72 Å². The molecule has 1 N–H and O–H groups in total. The van der Waals surface area contributed by atoms with E-state index in [4.69, 9.17) is 0 Å². The van der Waals surface area contributed by atoms with Crippen LogP contribution in [0.1, 0.15) is 16.7 Å². The predicted octanol–water partition coefficient (Wildman–Crippen LogP) is 4.12. The van der Waals surface area contributed by atoms with Crippen LogP contribution in [0.25, 0.3) is 0 Å². The molecule has 2 rings (SSSR count). The molecule has 0 fully saturated rings. The van der Waals surface area contributed by atoms with Crippen LogP contribution >= 0.6 is 0 Å². The van der Waals surface area contributed by atoms with E-state index in [9.17, 15) is 21.6 Å². The molecular weight excluding hydrogens is 315 g/mol. The number of aryl methyl sites for hydroxylation is 2. The third-order valence-electron chi connectivity index (χ3n) is 3.12. The Morgan fingerprint density at radius 1 is 0.955 bits per heavy atom. The smallest absolute Gasteiger partial charge is 0.279 e. The zero-order chi connectivity index (χ0) is 16.5. The maximum Gasteiger partial charge on any atom is 0.416 e. The fraction of sp³-hybridized carbons (Fsp3) is 0.200. The standard InChI is InChI=1S/C15H14F3NO2S/c1-10-3-8-14(11(2)9-10)19-22(20,21)13-6-4-12(5-7-13)15(16,17)18/h3-9,19H,1-2H3. The van der Waals surface area contributed by atoms with Crippen LogP contribution in [-0.2, 0) is 16.2 Å². The van der Waals surface area contributed by atoms with E-state index in [1.165, 1.54) is 0 Å². The highest BCUT2D eigenvalue weighted by Gasteiger charge is 2.30. The third-order valence-corrected chi connectivity index (χ3v) is 4.50. The molecule has 0 aliphatic carbocycles. The maximum atomic E-state index is 12.5. The number of halogens is 3. The van der Waals surface area contributed by atoms with Crippen LogP contribution in [0.3, 0.4) is 0 Å². The second-order valence-electron chi connectivity index (χ2n) is 4.95. The molecule has 2 aromatic rings. The Labute approximate surface area is 126 Å². The summed E-state index contributed by atoms with van der Waals surface area (Å²) in [7, 11) is -3.93. The summed E-state index contributed by atoms with van der Waals surface area (Å²) in [6.07, 6.45) is -4.50. The summed E-state index contributed by atoms with van der Waals surface area (Å²) in [5.74, 6) is 0. The minimum atomic E-state index is -4.50. The van der Waals surface area contributed by atoms with Gasteiger partial charge in [-0.25, -0.2) is 8.42 Å². The van der Waals surface area contributed by atoms with Gasteiger partial charge in [0.15, 0.2) is 0 Å². The summed E-state index contributed by atoms with van der Waals surface area (Å²) in [5, 5.41) is 0. The van der Waals surface area contributed by atoms with Crippen LogP contribution in [0.2, 0.25) is 0 Å². The van der Waals surface area contributed by atoms with E-state index in [0.717, 1.165) is 35.4 Å². The molecule has 0 saturated heterocycles. The fourth-order valence-corrected chi connectivity index (χ4v) is 3.09. The molecule has 3 nitrogen and oxygen atoms in total. The summed E-state index contributed by atoms with van der Waals surface area (Å²) < 4.78 is 64.3. The lowest BCUT2D eigenvalue weighted by molar-refractivity contribution is -0.137. The molecule has 0 amide bonds. The molecule has 0 saturated carbocycles. The van der Waals surface area contributed by atoms with Crippen LogP contribution in [0.5, 0.6) is 0 Å². The van der Waals surface area contributed by atoms with Crippen molar-refractivity contribution in [1.82, 2.24) is 0 Å². The summed E-state index contributed by atoms with van der Waals surface area (Å²) in [6, 6.07) is 8.55. The van der Waals surface area contributed by atoms with Crippen molar-refractivity contribution in [2.75, 3.05) is 4.72 Å². The van der Waals surface area contributed by atoms with Crippen LogP contribution in [-0.4, -0.2) is 8.42 Å². The Hall–Kier alpha value is -2.02. The van der Waals surface area contributed by atoms with Crippen molar-refractivity contribution in [1.29, 1.82) is 0 Å². The zero-order valence-corrected chi connectivity index (χ0v) is 12.7. The molecule has 2 aromatic carbocycles. The van der Waals surface area contributed by atoms with Crippen molar-refractivity contribution in [2.45, 2.75) is 24.9 Å². The first kappa shape index (κ1) is 16.4. The molecule has 0 radical (unpaired) electrons. The van der Waals surface area contributed by atoms with E-state index in [1.807, 2.05) is 13.0 Å². The number of nitrogens with one attached hydrogen (secondary N) is 1. The normalized spacial score (nSPS) is 12.2. The molecule has 0 aliphatic heterocycles. The second kappa shape index (κ2) is 5.64. The summed E-state index contributed by atoms with van der Waals surface area (Å²) in [5.41, 5.74) is 1.22. The van der Waals surface area contributed by atoms with Crippen molar-refractivity contribution in [3.63, 3.8) is 0 Å². The van der Waals surface area contributed by atoms with Crippen LogP contribution in [0.4, 0.5) is 18.9 Å². The number of anilines is 1. The molecule has 0 spiro atoms. The number of alkyl halides is 3. The first-order valence-corrected chi connectivity index (χ1v) is 7.85. The molecule has 0 aliphatic rings. The van der Waals surface area contributed by atoms with Crippen molar-refractivity contribution < 1.29 is 21.6 Å². The van der Waals surface area contributed by atoms with Gasteiger partial charge in [0.2, 0.25) is 0 Å². The second-order valence-corrected chi connectivity index (χ2v) is 6.63. The molecule has 7 heteroatoms. The highest BCUT2D eigenvalue weighted by molar-refractivity contribution is 7.92. The van der Waals surface area contributed by atoms with Gasteiger partial charge in [-0.05, 0) is 49.7 Å². The van der Waals surface area contributed by atoms with Gasteiger partial charge in [-0.1, -0.05) is 17.7 Å². The van der Waals surface area contributed by atoms with Gasteiger partial charge < -0.3 is 0 Å². The highest BCUT2D eigenvalue weighted by Crippen LogP contribution is 2.30. The predicted molar refractivity (Wildman–Crippen MR) is 78.2 cm³/mol. The number of hydrogen-bond donors (Lipinski definition) is 1. The minimum absolute atomic E-state index is 0.222. The first-order valence-electron chi connectivity index (χ1n) is 6.37. The highest BCUT2D eigenvalue weighted by atomic mass is 32.2. The van der Waals surface area contributed by atoms with E-state index < -0.39 is 21.8 Å². The van der Waals surface area contributed by atoms with Crippen molar-refractivity contribution in [3.8, 4) is 0 Å². The Morgan fingerprint density at radius 3 is 2.05 bits per heavy atom. The maximum absolute atomic E-state index is 12.5. The SMILES string of the molecule is Cc1ccc(NS(=O)(=O)c2ccc(C(F)(F)F)cc2)c(C)c1. The van der Waals surface area contributed by atoms with Gasteiger partial charge in [-0.2, -0.15) is 13.2 Å². The van der Waals surface area contributed by atoms with Crippen molar-refractivity contribution in [3.05, 3.63) is 59.2 Å². The van der Waals surface area contributed by atoms with E-state index in [1.54, 1.807) is 19.1 Å². The lowest BCUT2D eigenvalue weighted by Gasteiger charge is -2.12. The number of hydrogen-bond acceptors (Lipinski definition) is 2. The van der Waals surface area contributed by atoms with E-state index in [-0.39, 0.29) is 4.90 Å². The van der Waals surface area contributed by atoms with Crippen LogP contribution in [0.15, 0.2) is 47.4 Å². The molecule has 22 heavy (non-hydrogen) atoms. The van der Waals surface area contributed by atoms with Gasteiger partial charge in [0.1, 0.15) is 0 Å². The van der Waals surface area contributed by atoms with Crippen molar-refractivity contribution in [2.24, 2.45) is 0 Å². The Kier molecular flexibility index (Phi) is 4.19. The van der Waals surface area contributed by atoms with E-state index >= 15 is 0 Å². The van der Waals surface area contributed by atoms with Gasteiger partial charge >= 0.3 is 6.18 Å². The Balaban J connectivity index is 2.31. The Morgan fingerprint density at radius 2 is 1.55 bits per heavy atom. The summed E-state index contributed by atoms with van der Waals surface area (Å²) in [4.78, 5) is -0.222. The molecule has 0 unspecified atom stereocenters. The molecule has 0 heterocycles. The molecular formula is C15H14F3NO2S. The lowest BCUT2D eigenvalue weighted by Crippen LogP contribution is -2.14. The van der Waals surface area contributed by atoms with E-state index in [0.29, 0.717) is 5.69 Å². The largest absolute Gasteiger partial charge is 0.416 e. The van der Waals surface area contributed by atoms with Crippen LogP contribution in [0, 0.1) is 13.8 Å².